The summed E-state index contributed by atoms with van der Waals surface area (Å²) in [6.45, 7) is 3.17. The van der Waals surface area contributed by atoms with Gasteiger partial charge in [0.2, 0.25) is 5.91 Å². The molecule has 2 aromatic rings. The molecule has 7 nitrogen and oxygen atoms in total. The van der Waals surface area contributed by atoms with Crippen LogP contribution in [0.15, 0.2) is 48.7 Å². The topological polar surface area (TPSA) is 91.6 Å². The summed E-state index contributed by atoms with van der Waals surface area (Å²) in [5.74, 6) is 0.776. The lowest BCUT2D eigenvalue weighted by Gasteiger charge is -2.35. The van der Waals surface area contributed by atoms with E-state index in [2.05, 4.69) is 15.2 Å². The molecule has 2 heterocycles. The number of aromatic nitrogens is 1. The number of rotatable bonds is 5. The summed E-state index contributed by atoms with van der Waals surface area (Å²) in [5, 5.41) is 2.77. The summed E-state index contributed by atoms with van der Waals surface area (Å²) in [7, 11) is 0. The Bertz CT molecular complexity index is 758. The summed E-state index contributed by atoms with van der Waals surface area (Å²) < 4.78 is 0. The van der Waals surface area contributed by atoms with Crippen molar-refractivity contribution in [2.75, 3.05) is 43.4 Å². The van der Waals surface area contributed by atoms with Crippen LogP contribution in [0, 0.1) is 0 Å². The molecule has 0 saturated carbocycles. The summed E-state index contributed by atoms with van der Waals surface area (Å²) in [6.07, 6.45) is 2.06. The van der Waals surface area contributed by atoms with Gasteiger partial charge in [0.25, 0.3) is 5.91 Å². The standard InChI is InChI=1S/C19H23N5O2/c20-16-5-3-4-15(14-16)19(26)22-9-7-18(25)24-12-10-23(11-13-24)17-6-1-2-8-21-17/h1-6,8,14H,7,9-13,20H2,(H,22,26). The van der Waals surface area contributed by atoms with Crippen molar-refractivity contribution in [1.82, 2.24) is 15.2 Å². The molecule has 3 N–H and O–H groups in total. The largest absolute Gasteiger partial charge is 0.399 e. The van der Waals surface area contributed by atoms with Crippen LogP contribution < -0.4 is 16.0 Å². The number of hydrogen-bond acceptors (Lipinski definition) is 5. The molecule has 1 aliphatic heterocycles. The Hall–Kier alpha value is -3.09. The summed E-state index contributed by atoms with van der Waals surface area (Å²) in [6, 6.07) is 12.6. The predicted octanol–water partition coefficient (Wildman–Crippen LogP) is 1.13. The minimum Gasteiger partial charge on any atom is -0.399 e. The highest BCUT2D eigenvalue weighted by atomic mass is 16.2. The molecular weight excluding hydrogens is 330 g/mol. The molecule has 7 heteroatoms. The van der Waals surface area contributed by atoms with Crippen LogP contribution in [0.25, 0.3) is 0 Å². The maximum Gasteiger partial charge on any atom is 0.251 e. The average Bonchev–Trinajstić information content (AvgIpc) is 2.68. The molecule has 1 saturated heterocycles. The van der Waals surface area contributed by atoms with Crippen LogP contribution in [0.2, 0.25) is 0 Å². The third-order valence-electron chi connectivity index (χ3n) is 4.38. The predicted molar refractivity (Wildman–Crippen MR) is 101 cm³/mol. The highest BCUT2D eigenvalue weighted by Gasteiger charge is 2.21. The zero-order valence-electron chi connectivity index (χ0n) is 14.6. The number of amides is 2. The van der Waals surface area contributed by atoms with Gasteiger partial charge in [0.05, 0.1) is 0 Å². The van der Waals surface area contributed by atoms with Gasteiger partial charge in [-0.25, -0.2) is 4.98 Å². The molecule has 26 heavy (non-hydrogen) atoms. The van der Waals surface area contributed by atoms with Gasteiger partial charge in [-0.2, -0.15) is 0 Å². The van der Waals surface area contributed by atoms with Gasteiger partial charge in [-0.15, -0.1) is 0 Å². The van der Waals surface area contributed by atoms with E-state index in [-0.39, 0.29) is 18.2 Å². The van der Waals surface area contributed by atoms with Crippen molar-refractivity contribution in [3.8, 4) is 0 Å². The first kappa shape index (κ1) is 17.7. The van der Waals surface area contributed by atoms with Gasteiger partial charge >= 0.3 is 0 Å². The first-order chi connectivity index (χ1) is 12.6. The lowest BCUT2D eigenvalue weighted by Crippen LogP contribution is -2.49. The van der Waals surface area contributed by atoms with Crippen molar-refractivity contribution in [3.05, 3.63) is 54.2 Å². The van der Waals surface area contributed by atoms with Crippen LogP contribution in [0.4, 0.5) is 11.5 Å². The Morgan fingerprint density at radius 2 is 1.88 bits per heavy atom. The second kappa shape index (κ2) is 8.33. The third-order valence-corrected chi connectivity index (χ3v) is 4.38. The Labute approximate surface area is 152 Å². The summed E-state index contributed by atoms with van der Waals surface area (Å²) >= 11 is 0. The Balaban J connectivity index is 1.41. The Morgan fingerprint density at radius 3 is 2.58 bits per heavy atom. The fourth-order valence-electron chi connectivity index (χ4n) is 2.95. The van der Waals surface area contributed by atoms with Crippen LogP contribution >= 0.6 is 0 Å². The zero-order chi connectivity index (χ0) is 18.4. The lowest BCUT2D eigenvalue weighted by atomic mass is 10.2. The summed E-state index contributed by atoms with van der Waals surface area (Å²) in [4.78, 5) is 32.7. The van der Waals surface area contributed by atoms with Crippen LogP contribution in [0.5, 0.6) is 0 Å². The van der Waals surface area contributed by atoms with Gasteiger partial charge in [-0.3, -0.25) is 9.59 Å². The molecule has 0 aliphatic carbocycles. The Kier molecular flexibility index (Phi) is 5.68. The number of nitrogens with two attached hydrogens (primary N) is 1. The first-order valence-electron chi connectivity index (χ1n) is 8.71. The second-order valence-electron chi connectivity index (χ2n) is 6.19. The van der Waals surface area contributed by atoms with E-state index < -0.39 is 0 Å². The van der Waals surface area contributed by atoms with Crippen molar-refractivity contribution >= 4 is 23.3 Å². The molecule has 1 aromatic carbocycles. The lowest BCUT2D eigenvalue weighted by molar-refractivity contribution is -0.131. The number of benzene rings is 1. The zero-order valence-corrected chi connectivity index (χ0v) is 14.6. The molecule has 0 unspecified atom stereocenters. The molecular formula is C19H23N5O2. The smallest absolute Gasteiger partial charge is 0.251 e. The van der Waals surface area contributed by atoms with Gasteiger partial charge in [-0.05, 0) is 30.3 Å². The number of carbonyl (C=O) groups excluding carboxylic acids is 2. The Morgan fingerprint density at radius 1 is 1.08 bits per heavy atom. The molecule has 0 radical (unpaired) electrons. The molecule has 0 bridgehead atoms. The second-order valence-corrected chi connectivity index (χ2v) is 6.19. The summed E-state index contributed by atoms with van der Waals surface area (Å²) in [5.41, 5.74) is 6.72. The van der Waals surface area contributed by atoms with Gasteiger partial charge in [0.15, 0.2) is 0 Å². The van der Waals surface area contributed by atoms with Gasteiger partial charge in [0.1, 0.15) is 5.82 Å². The normalized spacial score (nSPS) is 14.2. The number of hydrogen-bond donors (Lipinski definition) is 2. The van der Waals surface area contributed by atoms with E-state index in [0.717, 1.165) is 18.9 Å². The van der Waals surface area contributed by atoms with Crippen LogP contribution in [-0.2, 0) is 4.79 Å². The molecule has 1 aromatic heterocycles. The van der Waals surface area contributed by atoms with Gasteiger partial charge < -0.3 is 20.9 Å². The molecule has 1 fully saturated rings. The van der Waals surface area contributed by atoms with Crippen molar-refractivity contribution in [3.63, 3.8) is 0 Å². The fourth-order valence-corrected chi connectivity index (χ4v) is 2.95. The first-order valence-corrected chi connectivity index (χ1v) is 8.71. The van der Waals surface area contributed by atoms with Crippen molar-refractivity contribution in [2.45, 2.75) is 6.42 Å². The van der Waals surface area contributed by atoms with Crippen molar-refractivity contribution in [1.29, 1.82) is 0 Å². The molecule has 0 spiro atoms. The number of piperazine rings is 1. The number of nitrogens with one attached hydrogen (secondary N) is 1. The van der Waals surface area contributed by atoms with Gasteiger partial charge in [-0.1, -0.05) is 12.1 Å². The molecule has 2 amide bonds. The van der Waals surface area contributed by atoms with Crippen molar-refractivity contribution < 1.29 is 9.59 Å². The van der Waals surface area contributed by atoms with E-state index in [1.807, 2.05) is 23.1 Å². The minimum absolute atomic E-state index is 0.0542. The van der Waals surface area contributed by atoms with Crippen LogP contribution in [0.1, 0.15) is 16.8 Å². The van der Waals surface area contributed by atoms with Crippen LogP contribution in [-0.4, -0.2) is 54.4 Å². The molecule has 0 atom stereocenters. The van der Waals surface area contributed by atoms with E-state index in [1.54, 1.807) is 30.5 Å². The molecule has 3 rings (SSSR count). The number of pyridine rings is 1. The highest BCUT2D eigenvalue weighted by molar-refractivity contribution is 5.95. The van der Waals surface area contributed by atoms with Gasteiger partial charge in [0, 0.05) is 56.6 Å². The van der Waals surface area contributed by atoms with E-state index >= 15 is 0 Å². The number of carbonyl (C=O) groups is 2. The van der Waals surface area contributed by atoms with E-state index in [9.17, 15) is 9.59 Å². The quantitative estimate of drug-likeness (QED) is 0.787. The number of nitrogens with zero attached hydrogens (tertiary/aromatic N) is 3. The molecule has 1 aliphatic rings. The highest BCUT2D eigenvalue weighted by Crippen LogP contribution is 2.13. The average molecular weight is 353 g/mol. The minimum atomic E-state index is -0.218. The molecule has 136 valence electrons. The number of anilines is 2. The maximum atomic E-state index is 12.3. The monoisotopic (exact) mass is 353 g/mol. The van der Waals surface area contributed by atoms with Crippen LogP contribution in [0.3, 0.4) is 0 Å². The van der Waals surface area contributed by atoms with E-state index in [1.165, 1.54) is 0 Å². The van der Waals surface area contributed by atoms with Crippen molar-refractivity contribution in [2.24, 2.45) is 0 Å². The SMILES string of the molecule is Nc1cccc(C(=O)NCCC(=O)N2CCN(c3ccccn3)CC2)c1. The fraction of sp³-hybridized carbons (Fsp3) is 0.316. The van der Waals surface area contributed by atoms with E-state index in [4.69, 9.17) is 5.73 Å². The maximum absolute atomic E-state index is 12.3. The van der Waals surface area contributed by atoms with E-state index in [0.29, 0.717) is 30.9 Å². The third kappa shape index (κ3) is 4.50. The number of nitrogen functional groups attached to an aromatic ring is 1.